The second kappa shape index (κ2) is 3.69. The second-order valence-corrected chi connectivity index (χ2v) is 2.68. The maximum absolute atomic E-state index is 5.31. The van der Waals surface area contributed by atoms with Gasteiger partial charge < -0.3 is 9.47 Å². The van der Waals surface area contributed by atoms with Gasteiger partial charge in [-0.1, -0.05) is 26.2 Å². The Bertz CT molecular complexity index is 157. The Kier molecular flexibility index (Phi) is 2.85. The van der Waals surface area contributed by atoms with Gasteiger partial charge in [0.1, 0.15) is 0 Å². The van der Waals surface area contributed by atoms with Crippen LogP contribution in [0.2, 0.25) is 0 Å². The molecule has 0 aromatic rings. The molecule has 1 saturated heterocycles. The van der Waals surface area contributed by atoms with Crippen molar-refractivity contribution in [2.45, 2.75) is 13.2 Å². The molecule has 1 aliphatic heterocycles. The molecule has 2 nitrogen and oxygen atoms in total. The molecule has 1 rings (SSSR count). The molecule has 0 aromatic heterocycles. The predicted molar refractivity (Wildman–Crippen MR) is 44.2 cm³/mol. The molecule has 1 heterocycles. The van der Waals surface area contributed by atoms with Gasteiger partial charge in [-0.2, -0.15) is 0 Å². The van der Waals surface area contributed by atoms with E-state index >= 15 is 0 Å². The van der Waals surface area contributed by atoms with Crippen LogP contribution in [0.15, 0.2) is 24.8 Å². The van der Waals surface area contributed by atoms with Gasteiger partial charge in [-0.15, -0.1) is 0 Å². The zero-order valence-corrected chi connectivity index (χ0v) is 6.88. The second-order valence-electron chi connectivity index (χ2n) is 2.68. The summed E-state index contributed by atoms with van der Waals surface area (Å²) < 4.78 is 10.6. The van der Waals surface area contributed by atoms with Crippen LogP contribution in [-0.2, 0) is 9.47 Å². The lowest BCUT2D eigenvalue weighted by Gasteiger charge is -2.17. The third kappa shape index (κ3) is 1.91. The first-order valence-electron chi connectivity index (χ1n) is 3.80. The predicted octanol–water partition coefficient (Wildman–Crippen LogP) is 1.74. The lowest BCUT2D eigenvalue weighted by atomic mass is 10.0. The van der Waals surface area contributed by atoms with Gasteiger partial charge in [0.15, 0.2) is 6.29 Å². The molecule has 11 heavy (non-hydrogen) atoms. The monoisotopic (exact) mass is 154 g/mol. The van der Waals surface area contributed by atoms with E-state index in [1.54, 1.807) is 6.08 Å². The lowest BCUT2D eigenvalue weighted by Crippen LogP contribution is -2.19. The van der Waals surface area contributed by atoms with Gasteiger partial charge in [-0.25, -0.2) is 0 Å². The van der Waals surface area contributed by atoms with Crippen LogP contribution in [0.4, 0.5) is 0 Å². The van der Waals surface area contributed by atoms with Crippen molar-refractivity contribution >= 4 is 0 Å². The van der Waals surface area contributed by atoms with E-state index in [1.165, 1.54) is 0 Å². The molecule has 0 amide bonds. The molecule has 62 valence electrons. The highest BCUT2D eigenvalue weighted by molar-refractivity contribution is 5.14. The molecule has 0 aromatic carbocycles. The van der Waals surface area contributed by atoms with Gasteiger partial charge in [-0.05, 0) is 5.57 Å². The average Bonchev–Trinajstić information content (AvgIpc) is 2.53. The highest BCUT2D eigenvalue weighted by Crippen LogP contribution is 2.20. The van der Waals surface area contributed by atoms with Crippen molar-refractivity contribution in [2.75, 3.05) is 13.2 Å². The Morgan fingerprint density at radius 3 is 2.55 bits per heavy atom. The maximum atomic E-state index is 5.31. The molecule has 1 aliphatic rings. The van der Waals surface area contributed by atoms with E-state index in [-0.39, 0.29) is 12.2 Å². The quantitative estimate of drug-likeness (QED) is 0.576. The van der Waals surface area contributed by atoms with E-state index in [1.807, 2.05) is 6.92 Å². The van der Waals surface area contributed by atoms with Crippen LogP contribution >= 0.6 is 0 Å². The van der Waals surface area contributed by atoms with E-state index < -0.39 is 0 Å². The zero-order valence-electron chi connectivity index (χ0n) is 6.88. The zero-order chi connectivity index (χ0) is 8.27. The van der Waals surface area contributed by atoms with Crippen LogP contribution in [0.3, 0.4) is 0 Å². The van der Waals surface area contributed by atoms with Gasteiger partial charge >= 0.3 is 0 Å². The first-order valence-corrected chi connectivity index (χ1v) is 3.80. The lowest BCUT2D eigenvalue weighted by molar-refractivity contribution is -0.0676. The maximum Gasteiger partial charge on any atom is 0.164 e. The number of ether oxygens (including phenoxy) is 2. The number of hydrogen-bond acceptors (Lipinski definition) is 2. The standard InChI is InChI=1S/C9H14O2/c1-4-7(2)8(3)9-10-5-6-11-9/h4,8-9H,1-2,5-6H2,3H3. The first-order chi connectivity index (χ1) is 5.25. The Labute approximate surface area is 67.5 Å². The van der Waals surface area contributed by atoms with E-state index in [0.717, 1.165) is 5.57 Å². The minimum atomic E-state index is -0.111. The third-order valence-corrected chi connectivity index (χ3v) is 1.90. The summed E-state index contributed by atoms with van der Waals surface area (Å²) in [7, 11) is 0. The summed E-state index contributed by atoms with van der Waals surface area (Å²) in [6.45, 7) is 10.9. The summed E-state index contributed by atoms with van der Waals surface area (Å²) >= 11 is 0. The van der Waals surface area contributed by atoms with Crippen LogP contribution in [-0.4, -0.2) is 19.5 Å². The Balaban J connectivity index is 2.45. The van der Waals surface area contributed by atoms with Crippen molar-refractivity contribution in [1.29, 1.82) is 0 Å². The summed E-state index contributed by atoms with van der Waals surface area (Å²) in [6, 6.07) is 0. The molecule has 0 bridgehead atoms. The summed E-state index contributed by atoms with van der Waals surface area (Å²) in [6.07, 6.45) is 1.64. The molecule has 0 spiro atoms. The summed E-state index contributed by atoms with van der Waals surface area (Å²) in [5.74, 6) is 0.218. The highest BCUT2D eigenvalue weighted by atomic mass is 16.7. The van der Waals surface area contributed by atoms with Crippen LogP contribution < -0.4 is 0 Å². The van der Waals surface area contributed by atoms with Crippen molar-refractivity contribution in [3.8, 4) is 0 Å². The molecular weight excluding hydrogens is 140 g/mol. The van der Waals surface area contributed by atoms with Crippen molar-refractivity contribution in [3.05, 3.63) is 24.8 Å². The number of hydrogen-bond donors (Lipinski definition) is 0. The Morgan fingerprint density at radius 1 is 1.55 bits per heavy atom. The van der Waals surface area contributed by atoms with Gasteiger partial charge in [0.25, 0.3) is 0 Å². The fourth-order valence-electron chi connectivity index (χ4n) is 1.03. The minimum Gasteiger partial charge on any atom is -0.350 e. The summed E-state index contributed by atoms with van der Waals surface area (Å²) in [4.78, 5) is 0. The van der Waals surface area contributed by atoms with Crippen LogP contribution in [0.1, 0.15) is 6.92 Å². The largest absolute Gasteiger partial charge is 0.350 e. The van der Waals surface area contributed by atoms with E-state index in [2.05, 4.69) is 13.2 Å². The van der Waals surface area contributed by atoms with Crippen molar-refractivity contribution < 1.29 is 9.47 Å². The van der Waals surface area contributed by atoms with E-state index in [9.17, 15) is 0 Å². The van der Waals surface area contributed by atoms with Gasteiger partial charge in [0.2, 0.25) is 0 Å². The third-order valence-electron chi connectivity index (χ3n) is 1.90. The molecule has 2 heteroatoms. The van der Waals surface area contributed by atoms with Crippen LogP contribution in [0.5, 0.6) is 0 Å². The number of rotatable bonds is 3. The molecule has 0 radical (unpaired) electrons. The molecule has 1 atom stereocenters. The van der Waals surface area contributed by atoms with Crippen molar-refractivity contribution in [2.24, 2.45) is 5.92 Å². The van der Waals surface area contributed by atoms with Crippen LogP contribution in [0.25, 0.3) is 0 Å². The van der Waals surface area contributed by atoms with Crippen molar-refractivity contribution in [1.82, 2.24) is 0 Å². The molecule has 0 aliphatic carbocycles. The normalized spacial score (nSPS) is 21.5. The molecule has 0 N–H and O–H groups in total. The van der Waals surface area contributed by atoms with E-state index in [0.29, 0.717) is 13.2 Å². The topological polar surface area (TPSA) is 18.5 Å². The Morgan fingerprint density at radius 2 is 2.09 bits per heavy atom. The fourth-order valence-corrected chi connectivity index (χ4v) is 1.03. The van der Waals surface area contributed by atoms with Gasteiger partial charge in [0.05, 0.1) is 13.2 Å². The average molecular weight is 154 g/mol. The van der Waals surface area contributed by atoms with Crippen molar-refractivity contribution in [3.63, 3.8) is 0 Å². The molecule has 1 fully saturated rings. The molecular formula is C9H14O2. The summed E-state index contributed by atoms with van der Waals surface area (Å²) in [5, 5.41) is 0. The smallest absolute Gasteiger partial charge is 0.164 e. The fraction of sp³-hybridized carbons (Fsp3) is 0.556. The van der Waals surface area contributed by atoms with Gasteiger partial charge in [-0.3, -0.25) is 0 Å². The molecule has 1 unspecified atom stereocenters. The number of allylic oxidation sites excluding steroid dienone is 1. The minimum absolute atomic E-state index is 0.111. The highest BCUT2D eigenvalue weighted by Gasteiger charge is 2.23. The summed E-state index contributed by atoms with van der Waals surface area (Å²) in [5.41, 5.74) is 0.969. The van der Waals surface area contributed by atoms with Crippen LogP contribution in [0, 0.1) is 5.92 Å². The van der Waals surface area contributed by atoms with E-state index in [4.69, 9.17) is 9.47 Å². The first kappa shape index (κ1) is 8.50. The SMILES string of the molecule is C=CC(=C)C(C)C1OCCO1. The molecule has 0 saturated carbocycles. The van der Waals surface area contributed by atoms with Gasteiger partial charge in [0, 0.05) is 5.92 Å². The Hall–Kier alpha value is -0.600.